The fraction of sp³-hybridized carbons (Fsp3) is 0.100. The quantitative estimate of drug-likeness (QED) is 0.234. The summed E-state index contributed by atoms with van der Waals surface area (Å²) in [5.41, 5.74) is 0.911. The first kappa shape index (κ1) is 19.2. The maximum absolute atomic E-state index is 13.3. The van der Waals surface area contributed by atoms with Crippen LogP contribution in [0.15, 0.2) is 70.2 Å². The van der Waals surface area contributed by atoms with Gasteiger partial charge in [0.25, 0.3) is 11.6 Å². The topological polar surface area (TPSA) is 89.5 Å². The van der Waals surface area contributed by atoms with Gasteiger partial charge in [-0.05, 0) is 36.6 Å². The predicted molar refractivity (Wildman–Crippen MR) is 114 cm³/mol. The number of carbonyl (C=O) groups is 1. The van der Waals surface area contributed by atoms with Crippen molar-refractivity contribution in [1.82, 2.24) is 4.98 Å². The normalized spacial score (nSPS) is 10.9. The lowest BCUT2D eigenvalue weighted by Crippen LogP contribution is -2.30. The van der Waals surface area contributed by atoms with E-state index in [1.165, 1.54) is 40.7 Å². The van der Waals surface area contributed by atoms with Crippen molar-refractivity contribution in [2.24, 2.45) is 0 Å². The molecular formula is C20H15N3O4S2. The van der Waals surface area contributed by atoms with Gasteiger partial charge < -0.3 is 4.42 Å². The van der Waals surface area contributed by atoms with Crippen LogP contribution in [-0.4, -0.2) is 22.1 Å². The van der Waals surface area contributed by atoms with Crippen molar-refractivity contribution in [2.45, 2.75) is 11.4 Å². The van der Waals surface area contributed by atoms with Gasteiger partial charge in [0, 0.05) is 22.6 Å². The number of hydrogen-bond acceptors (Lipinski definition) is 7. The number of rotatable bonds is 6. The zero-order valence-electron chi connectivity index (χ0n) is 15.3. The lowest BCUT2D eigenvalue weighted by atomic mass is 10.2. The fourth-order valence-electron chi connectivity index (χ4n) is 2.88. The molecule has 1 amide bonds. The highest BCUT2D eigenvalue weighted by Crippen LogP contribution is 2.35. The fourth-order valence-corrected chi connectivity index (χ4v) is 4.50. The summed E-state index contributed by atoms with van der Waals surface area (Å²) in [6.45, 7) is 0.170. The molecule has 0 fully saturated rings. The van der Waals surface area contributed by atoms with Gasteiger partial charge in [-0.25, -0.2) is 4.98 Å². The van der Waals surface area contributed by atoms with Crippen molar-refractivity contribution >= 4 is 50.0 Å². The minimum absolute atomic E-state index is 0.136. The highest BCUT2D eigenvalue weighted by atomic mass is 32.2. The number of carbonyl (C=O) groups excluding carboxylic acids is 1. The Morgan fingerprint density at radius 1 is 1.24 bits per heavy atom. The predicted octanol–water partition coefficient (Wildman–Crippen LogP) is 5.37. The van der Waals surface area contributed by atoms with Gasteiger partial charge in [0.2, 0.25) is 0 Å². The van der Waals surface area contributed by atoms with Crippen molar-refractivity contribution in [3.63, 3.8) is 0 Å². The lowest BCUT2D eigenvalue weighted by molar-refractivity contribution is -0.384. The standard InChI is InChI=1S/C20H15N3O4S2/c1-28-16-8-3-9-17-18(16)21-20(29-17)22(12-15-7-4-10-27-15)19(24)13-5-2-6-14(11-13)23(25)26/h2-11H,12H2,1H3. The van der Waals surface area contributed by atoms with E-state index in [0.717, 1.165) is 15.1 Å². The van der Waals surface area contributed by atoms with Crippen molar-refractivity contribution in [3.8, 4) is 0 Å². The Kier molecular flexibility index (Phi) is 5.32. The molecule has 4 aromatic rings. The molecule has 2 aromatic carbocycles. The van der Waals surface area contributed by atoms with Crippen LogP contribution in [0.5, 0.6) is 0 Å². The molecule has 2 heterocycles. The molecule has 9 heteroatoms. The number of nitrogens with zero attached hydrogens (tertiary/aromatic N) is 3. The van der Waals surface area contributed by atoms with E-state index in [-0.39, 0.29) is 23.7 Å². The maximum atomic E-state index is 13.3. The number of para-hydroxylation sites is 1. The number of amides is 1. The molecule has 0 aliphatic rings. The van der Waals surface area contributed by atoms with Crippen LogP contribution in [0.2, 0.25) is 0 Å². The first-order valence-electron chi connectivity index (χ1n) is 8.59. The number of nitro groups is 1. The molecule has 2 aromatic heterocycles. The van der Waals surface area contributed by atoms with Crippen molar-refractivity contribution in [3.05, 3.63) is 82.3 Å². The van der Waals surface area contributed by atoms with Crippen molar-refractivity contribution < 1.29 is 14.1 Å². The summed E-state index contributed by atoms with van der Waals surface area (Å²) in [5.74, 6) is 0.211. The Hall–Kier alpha value is -3.17. The molecule has 29 heavy (non-hydrogen) atoms. The second-order valence-electron chi connectivity index (χ2n) is 6.08. The first-order chi connectivity index (χ1) is 14.1. The molecule has 0 saturated carbocycles. The Bertz CT molecular complexity index is 1190. The Morgan fingerprint density at radius 3 is 2.79 bits per heavy atom. The molecule has 7 nitrogen and oxygen atoms in total. The summed E-state index contributed by atoms with van der Waals surface area (Å²) < 4.78 is 6.38. The number of hydrogen-bond donors (Lipinski definition) is 0. The summed E-state index contributed by atoms with van der Waals surface area (Å²) in [7, 11) is 0. The number of thiazole rings is 1. The van der Waals surface area contributed by atoms with Crippen LogP contribution < -0.4 is 4.90 Å². The molecule has 4 rings (SSSR count). The largest absolute Gasteiger partial charge is 0.467 e. The number of benzene rings is 2. The van der Waals surface area contributed by atoms with E-state index in [4.69, 9.17) is 9.40 Å². The second kappa shape index (κ2) is 8.06. The molecule has 0 radical (unpaired) electrons. The van der Waals surface area contributed by atoms with Gasteiger partial charge >= 0.3 is 0 Å². The number of thioether (sulfide) groups is 1. The van der Waals surface area contributed by atoms with E-state index in [1.54, 1.807) is 30.0 Å². The number of nitro benzene ring substituents is 1. The zero-order chi connectivity index (χ0) is 20.4. The molecule has 146 valence electrons. The summed E-state index contributed by atoms with van der Waals surface area (Å²) in [6.07, 6.45) is 3.51. The Morgan fingerprint density at radius 2 is 2.07 bits per heavy atom. The monoisotopic (exact) mass is 425 g/mol. The number of anilines is 1. The Labute approximate surface area is 174 Å². The third kappa shape index (κ3) is 3.87. The highest BCUT2D eigenvalue weighted by Gasteiger charge is 2.24. The zero-order valence-corrected chi connectivity index (χ0v) is 16.9. The van der Waals surface area contributed by atoms with Crippen LogP contribution in [0.1, 0.15) is 16.1 Å². The van der Waals surface area contributed by atoms with Gasteiger partial charge in [0.15, 0.2) is 5.13 Å². The van der Waals surface area contributed by atoms with Crippen LogP contribution >= 0.6 is 23.1 Å². The third-order valence-corrected chi connectivity index (χ3v) is 6.08. The number of non-ortho nitro benzene ring substituents is 1. The summed E-state index contributed by atoms with van der Waals surface area (Å²) >= 11 is 2.98. The summed E-state index contributed by atoms with van der Waals surface area (Å²) in [4.78, 5) is 31.1. The van der Waals surface area contributed by atoms with E-state index < -0.39 is 4.92 Å². The van der Waals surface area contributed by atoms with Crippen LogP contribution in [-0.2, 0) is 6.54 Å². The number of aromatic nitrogens is 1. The van der Waals surface area contributed by atoms with Gasteiger partial charge in [0.1, 0.15) is 5.76 Å². The maximum Gasteiger partial charge on any atom is 0.270 e. The minimum Gasteiger partial charge on any atom is -0.467 e. The van der Waals surface area contributed by atoms with Gasteiger partial charge in [-0.15, -0.1) is 11.8 Å². The van der Waals surface area contributed by atoms with Gasteiger partial charge in [-0.2, -0.15) is 0 Å². The second-order valence-corrected chi connectivity index (χ2v) is 7.94. The lowest BCUT2D eigenvalue weighted by Gasteiger charge is -2.18. The summed E-state index contributed by atoms with van der Waals surface area (Å²) in [6, 6.07) is 15.1. The summed E-state index contributed by atoms with van der Waals surface area (Å²) in [5, 5.41) is 11.6. The van der Waals surface area contributed by atoms with Crippen LogP contribution in [0.3, 0.4) is 0 Å². The van der Waals surface area contributed by atoms with E-state index in [1.807, 2.05) is 24.5 Å². The number of furan rings is 1. The average Bonchev–Trinajstić information content (AvgIpc) is 3.40. The molecule has 0 spiro atoms. The SMILES string of the molecule is CSc1cccc2sc(N(Cc3ccco3)C(=O)c3cccc([N+](=O)[O-])c3)nc12. The van der Waals surface area contributed by atoms with Gasteiger partial charge in [-0.1, -0.05) is 23.5 Å². The first-order valence-corrected chi connectivity index (χ1v) is 10.6. The molecule has 0 saturated heterocycles. The molecule has 0 aliphatic carbocycles. The Balaban J connectivity index is 1.79. The van der Waals surface area contributed by atoms with Crippen LogP contribution in [0, 0.1) is 10.1 Å². The van der Waals surface area contributed by atoms with Crippen LogP contribution in [0.4, 0.5) is 10.8 Å². The molecule has 0 atom stereocenters. The van der Waals surface area contributed by atoms with Crippen LogP contribution in [0.25, 0.3) is 10.2 Å². The number of fused-ring (bicyclic) bond motifs is 1. The van der Waals surface area contributed by atoms with E-state index in [2.05, 4.69) is 0 Å². The van der Waals surface area contributed by atoms with Crippen molar-refractivity contribution in [2.75, 3.05) is 11.2 Å². The minimum atomic E-state index is -0.518. The molecule has 0 N–H and O–H groups in total. The van der Waals surface area contributed by atoms with E-state index in [9.17, 15) is 14.9 Å². The highest BCUT2D eigenvalue weighted by molar-refractivity contribution is 7.98. The van der Waals surface area contributed by atoms with E-state index in [0.29, 0.717) is 10.9 Å². The molecule has 0 unspecified atom stereocenters. The van der Waals surface area contributed by atoms with Gasteiger partial charge in [-0.3, -0.25) is 19.8 Å². The average molecular weight is 425 g/mol. The van der Waals surface area contributed by atoms with Gasteiger partial charge in [0.05, 0.1) is 27.9 Å². The third-order valence-electron chi connectivity index (χ3n) is 4.26. The molecule has 0 aliphatic heterocycles. The van der Waals surface area contributed by atoms with Crippen molar-refractivity contribution in [1.29, 1.82) is 0 Å². The molecular weight excluding hydrogens is 410 g/mol. The van der Waals surface area contributed by atoms with E-state index >= 15 is 0 Å². The smallest absolute Gasteiger partial charge is 0.270 e. The molecule has 0 bridgehead atoms.